The van der Waals surface area contributed by atoms with E-state index in [-0.39, 0.29) is 11.9 Å². The Morgan fingerprint density at radius 2 is 1.95 bits per heavy atom. The monoisotopic (exact) mass is 285 g/mol. The Morgan fingerprint density at radius 1 is 1.15 bits per heavy atom. The molecule has 0 saturated carbocycles. The lowest BCUT2D eigenvalue weighted by molar-refractivity contribution is 0.609. The summed E-state index contributed by atoms with van der Waals surface area (Å²) in [5, 5.41) is 6.69. The molecule has 3 aromatic rings. The lowest BCUT2D eigenvalue weighted by atomic mass is 9.97. The summed E-state index contributed by atoms with van der Waals surface area (Å²) in [5.41, 5.74) is 2.84. The minimum Gasteiger partial charge on any atom is -0.309 e. The number of nitrogens with one attached hydrogen (secondary N) is 1. The molecular formula is C17H16FNS. The van der Waals surface area contributed by atoms with Gasteiger partial charge in [-0.05, 0) is 53.6 Å². The van der Waals surface area contributed by atoms with Crippen molar-refractivity contribution in [1.82, 2.24) is 5.32 Å². The zero-order chi connectivity index (χ0) is 14.1. The summed E-state index contributed by atoms with van der Waals surface area (Å²) in [6.07, 6.45) is 0. The Kier molecular flexibility index (Phi) is 3.55. The lowest BCUT2D eigenvalue weighted by Gasteiger charge is -2.17. The summed E-state index contributed by atoms with van der Waals surface area (Å²) in [6.45, 7) is 1.79. The third kappa shape index (κ3) is 2.23. The normalized spacial score (nSPS) is 12.8. The van der Waals surface area contributed by atoms with Crippen molar-refractivity contribution in [3.05, 3.63) is 70.4 Å². The summed E-state index contributed by atoms with van der Waals surface area (Å²) in [7, 11) is 1.91. The van der Waals surface area contributed by atoms with Gasteiger partial charge in [0, 0.05) is 4.70 Å². The first kappa shape index (κ1) is 13.3. The molecule has 1 aromatic heterocycles. The second kappa shape index (κ2) is 5.35. The lowest BCUT2D eigenvalue weighted by Crippen LogP contribution is -2.17. The highest BCUT2D eigenvalue weighted by atomic mass is 32.1. The van der Waals surface area contributed by atoms with Crippen LogP contribution in [0.15, 0.2) is 47.8 Å². The molecule has 0 aliphatic carbocycles. The smallest absolute Gasteiger partial charge is 0.126 e. The maximum Gasteiger partial charge on any atom is 0.126 e. The van der Waals surface area contributed by atoms with Crippen LogP contribution in [0.25, 0.3) is 10.1 Å². The van der Waals surface area contributed by atoms with E-state index in [9.17, 15) is 4.39 Å². The average Bonchev–Trinajstić information content (AvgIpc) is 2.88. The zero-order valence-electron chi connectivity index (χ0n) is 11.5. The van der Waals surface area contributed by atoms with Gasteiger partial charge in [-0.1, -0.05) is 30.3 Å². The fourth-order valence-electron chi connectivity index (χ4n) is 2.51. The van der Waals surface area contributed by atoms with Crippen molar-refractivity contribution in [1.29, 1.82) is 0 Å². The molecule has 0 aliphatic heterocycles. The predicted molar refractivity (Wildman–Crippen MR) is 83.9 cm³/mol. The van der Waals surface area contributed by atoms with Crippen molar-refractivity contribution in [2.45, 2.75) is 13.0 Å². The molecule has 1 nitrogen and oxygen atoms in total. The van der Waals surface area contributed by atoms with Gasteiger partial charge in [-0.3, -0.25) is 0 Å². The second-order valence-electron chi connectivity index (χ2n) is 4.92. The molecule has 0 spiro atoms. The molecule has 0 aliphatic rings. The van der Waals surface area contributed by atoms with Crippen LogP contribution in [0.3, 0.4) is 0 Å². The van der Waals surface area contributed by atoms with E-state index >= 15 is 0 Å². The molecule has 1 N–H and O–H groups in total. The molecule has 0 amide bonds. The Bertz CT molecular complexity index is 748. The van der Waals surface area contributed by atoms with Crippen LogP contribution in [0.5, 0.6) is 0 Å². The molecule has 0 bridgehead atoms. The molecule has 2 aromatic carbocycles. The first-order valence-corrected chi connectivity index (χ1v) is 7.48. The molecule has 20 heavy (non-hydrogen) atoms. The van der Waals surface area contributed by atoms with Crippen LogP contribution in [0.1, 0.15) is 22.7 Å². The van der Waals surface area contributed by atoms with Gasteiger partial charge in [-0.2, -0.15) is 0 Å². The number of thiophene rings is 1. The van der Waals surface area contributed by atoms with Crippen molar-refractivity contribution in [2.75, 3.05) is 7.05 Å². The Balaban J connectivity index is 2.11. The van der Waals surface area contributed by atoms with Crippen LogP contribution >= 0.6 is 11.3 Å². The molecule has 102 valence electrons. The molecule has 1 heterocycles. The summed E-state index contributed by atoms with van der Waals surface area (Å²) in [6, 6.07) is 13.8. The number of halogens is 1. The minimum atomic E-state index is -0.151. The van der Waals surface area contributed by atoms with Gasteiger partial charge in [0.1, 0.15) is 5.82 Å². The average molecular weight is 285 g/mol. The first-order chi connectivity index (χ1) is 9.70. The van der Waals surface area contributed by atoms with E-state index in [1.807, 2.05) is 31.3 Å². The van der Waals surface area contributed by atoms with Gasteiger partial charge in [0.25, 0.3) is 0 Å². The van der Waals surface area contributed by atoms with E-state index < -0.39 is 0 Å². The van der Waals surface area contributed by atoms with Crippen LogP contribution in [0.4, 0.5) is 4.39 Å². The maximum atomic E-state index is 13.8. The molecule has 1 unspecified atom stereocenters. The van der Waals surface area contributed by atoms with E-state index in [0.717, 1.165) is 5.56 Å². The molecule has 1 atom stereocenters. The standard InChI is InChI=1S/C17H16FNS/c1-11-7-8-12(9-15(11)18)17(19-2)14-10-20-16-6-4-3-5-13(14)16/h3-10,17,19H,1-2H3. The van der Waals surface area contributed by atoms with E-state index in [1.165, 1.54) is 15.6 Å². The summed E-state index contributed by atoms with van der Waals surface area (Å²) in [4.78, 5) is 0. The SMILES string of the molecule is CNC(c1ccc(C)c(F)c1)c1csc2ccccc12. The highest BCUT2D eigenvalue weighted by Crippen LogP contribution is 2.33. The summed E-state index contributed by atoms with van der Waals surface area (Å²) < 4.78 is 15.1. The number of hydrogen-bond acceptors (Lipinski definition) is 2. The van der Waals surface area contributed by atoms with Crippen molar-refractivity contribution >= 4 is 21.4 Å². The van der Waals surface area contributed by atoms with Crippen molar-refractivity contribution < 1.29 is 4.39 Å². The maximum absolute atomic E-state index is 13.8. The number of hydrogen-bond donors (Lipinski definition) is 1. The Labute approximate surface area is 122 Å². The predicted octanol–water partition coefficient (Wildman–Crippen LogP) is 4.66. The third-order valence-corrected chi connectivity index (χ3v) is 4.62. The largest absolute Gasteiger partial charge is 0.309 e. The number of aryl methyl sites for hydroxylation is 1. The molecule has 3 heteroatoms. The quantitative estimate of drug-likeness (QED) is 0.738. The molecule has 3 rings (SSSR count). The fourth-order valence-corrected chi connectivity index (χ4v) is 3.50. The van der Waals surface area contributed by atoms with Gasteiger partial charge in [-0.15, -0.1) is 11.3 Å². The topological polar surface area (TPSA) is 12.0 Å². The molecule has 0 fully saturated rings. The van der Waals surface area contributed by atoms with E-state index in [4.69, 9.17) is 0 Å². The van der Waals surface area contributed by atoms with Gasteiger partial charge in [0.2, 0.25) is 0 Å². The van der Waals surface area contributed by atoms with E-state index in [1.54, 1.807) is 24.3 Å². The second-order valence-corrected chi connectivity index (χ2v) is 5.83. The first-order valence-electron chi connectivity index (χ1n) is 6.60. The van der Waals surface area contributed by atoms with Gasteiger partial charge in [0.15, 0.2) is 0 Å². The van der Waals surface area contributed by atoms with E-state index in [2.05, 4.69) is 22.8 Å². The van der Waals surface area contributed by atoms with Crippen LogP contribution in [-0.2, 0) is 0 Å². The van der Waals surface area contributed by atoms with Gasteiger partial charge in [0.05, 0.1) is 6.04 Å². The molecule has 0 saturated heterocycles. The minimum absolute atomic E-state index is 0.0150. The van der Waals surface area contributed by atoms with Crippen LogP contribution in [0.2, 0.25) is 0 Å². The summed E-state index contributed by atoms with van der Waals surface area (Å²) in [5.74, 6) is -0.151. The Hall–Kier alpha value is -1.71. The van der Waals surface area contributed by atoms with Crippen molar-refractivity contribution in [3.8, 4) is 0 Å². The van der Waals surface area contributed by atoms with Gasteiger partial charge >= 0.3 is 0 Å². The molecule has 0 radical (unpaired) electrons. The van der Waals surface area contributed by atoms with Gasteiger partial charge < -0.3 is 5.32 Å². The highest BCUT2D eigenvalue weighted by molar-refractivity contribution is 7.17. The van der Waals surface area contributed by atoms with Crippen LogP contribution in [0, 0.1) is 12.7 Å². The number of fused-ring (bicyclic) bond motifs is 1. The highest BCUT2D eigenvalue weighted by Gasteiger charge is 2.17. The van der Waals surface area contributed by atoms with Crippen molar-refractivity contribution in [2.24, 2.45) is 0 Å². The number of rotatable bonds is 3. The third-order valence-electron chi connectivity index (χ3n) is 3.64. The van der Waals surface area contributed by atoms with Crippen molar-refractivity contribution in [3.63, 3.8) is 0 Å². The van der Waals surface area contributed by atoms with Crippen LogP contribution in [-0.4, -0.2) is 7.05 Å². The molecular weight excluding hydrogens is 269 g/mol. The summed E-state index contributed by atoms with van der Waals surface area (Å²) >= 11 is 1.73. The van der Waals surface area contributed by atoms with Gasteiger partial charge in [-0.25, -0.2) is 4.39 Å². The zero-order valence-corrected chi connectivity index (χ0v) is 12.3. The fraction of sp³-hybridized carbons (Fsp3) is 0.176. The number of benzene rings is 2. The Morgan fingerprint density at radius 3 is 2.70 bits per heavy atom. The van der Waals surface area contributed by atoms with Crippen LogP contribution < -0.4 is 5.32 Å². The van der Waals surface area contributed by atoms with E-state index in [0.29, 0.717) is 5.56 Å².